The molecule has 86 valence electrons. The molecule has 0 aromatic carbocycles. The van der Waals surface area contributed by atoms with Crippen LogP contribution < -0.4 is 10.2 Å². The third kappa shape index (κ3) is 4.29. The maximum atomic E-state index is 11.4. The van der Waals surface area contributed by atoms with Gasteiger partial charge in [0.05, 0.1) is 20.2 Å². The number of hydrogen-bond donors (Lipinski definition) is 2. The van der Waals surface area contributed by atoms with Crippen molar-refractivity contribution in [3.8, 4) is 0 Å². The van der Waals surface area contributed by atoms with Crippen molar-refractivity contribution in [3.05, 3.63) is 0 Å². The van der Waals surface area contributed by atoms with E-state index in [9.17, 15) is 9.59 Å². The third-order valence-electron chi connectivity index (χ3n) is 2.70. The predicted octanol–water partition coefficient (Wildman–Crippen LogP) is -0.816. The first-order chi connectivity index (χ1) is 7.11. The minimum absolute atomic E-state index is 0.258. The van der Waals surface area contributed by atoms with Gasteiger partial charge < -0.3 is 9.64 Å². The molecule has 5 nitrogen and oxygen atoms in total. The Morgan fingerprint density at radius 3 is 2.87 bits per heavy atom. The highest BCUT2D eigenvalue weighted by Crippen LogP contribution is 2.04. The molecule has 1 saturated heterocycles. The van der Waals surface area contributed by atoms with Crippen molar-refractivity contribution >= 4 is 12.0 Å². The van der Waals surface area contributed by atoms with Crippen molar-refractivity contribution in [1.82, 2.24) is 5.32 Å². The molecule has 0 bridgehead atoms. The summed E-state index contributed by atoms with van der Waals surface area (Å²) in [5.41, 5.74) is 0. The Morgan fingerprint density at radius 2 is 2.27 bits per heavy atom. The highest BCUT2D eigenvalue weighted by Gasteiger charge is 2.22. The van der Waals surface area contributed by atoms with Gasteiger partial charge in [-0.15, -0.1) is 0 Å². The van der Waals surface area contributed by atoms with Gasteiger partial charge in [-0.25, -0.2) is 4.79 Å². The molecule has 1 fully saturated rings. The summed E-state index contributed by atoms with van der Waals surface area (Å²) in [7, 11) is 1.25. The normalized spacial score (nSPS) is 25.7. The molecule has 1 unspecified atom stereocenters. The fourth-order valence-corrected chi connectivity index (χ4v) is 1.99. The molecule has 0 radical (unpaired) electrons. The molecule has 15 heavy (non-hydrogen) atoms. The molecule has 0 aromatic heterocycles. The Morgan fingerprint density at radius 1 is 1.53 bits per heavy atom. The number of amides is 2. The highest BCUT2D eigenvalue weighted by molar-refractivity contribution is 5.92. The van der Waals surface area contributed by atoms with Crippen LogP contribution in [0.1, 0.15) is 19.8 Å². The first-order valence-corrected chi connectivity index (χ1v) is 5.33. The van der Waals surface area contributed by atoms with Gasteiger partial charge in [-0.3, -0.25) is 10.1 Å². The molecule has 1 aliphatic heterocycles. The van der Waals surface area contributed by atoms with Crippen molar-refractivity contribution in [2.45, 2.75) is 19.8 Å². The van der Waals surface area contributed by atoms with E-state index in [1.54, 1.807) is 0 Å². The van der Waals surface area contributed by atoms with E-state index in [-0.39, 0.29) is 5.91 Å². The van der Waals surface area contributed by atoms with Gasteiger partial charge in [0.25, 0.3) is 5.91 Å². The average molecular weight is 215 g/mol. The number of hydrogen-bond acceptors (Lipinski definition) is 3. The van der Waals surface area contributed by atoms with E-state index >= 15 is 0 Å². The molecule has 2 atom stereocenters. The largest absolute Gasteiger partial charge is 0.453 e. The zero-order valence-electron chi connectivity index (χ0n) is 9.34. The van der Waals surface area contributed by atoms with Gasteiger partial charge in [0, 0.05) is 5.92 Å². The highest BCUT2D eigenvalue weighted by atomic mass is 16.5. The van der Waals surface area contributed by atoms with Crippen LogP contribution in [0.5, 0.6) is 0 Å². The Labute approximate surface area is 89.8 Å². The van der Waals surface area contributed by atoms with Crippen LogP contribution in [0.3, 0.4) is 0 Å². The van der Waals surface area contributed by atoms with Crippen LogP contribution in [0.25, 0.3) is 0 Å². The van der Waals surface area contributed by atoms with Gasteiger partial charge in [-0.2, -0.15) is 0 Å². The number of quaternary nitrogens is 1. The number of carbonyl (C=O) groups is 2. The van der Waals surface area contributed by atoms with E-state index in [1.807, 2.05) is 0 Å². The summed E-state index contributed by atoms with van der Waals surface area (Å²) in [6, 6.07) is 0. The molecule has 1 heterocycles. The van der Waals surface area contributed by atoms with Crippen LogP contribution in [-0.4, -0.2) is 38.7 Å². The van der Waals surface area contributed by atoms with Gasteiger partial charge in [-0.1, -0.05) is 6.92 Å². The summed E-state index contributed by atoms with van der Waals surface area (Å²) >= 11 is 0. The zero-order chi connectivity index (χ0) is 11.3. The second kappa shape index (κ2) is 5.70. The SMILES string of the molecule is COC(=O)NC(=O)C[NH+]1CCC[C@H](C)C1. The van der Waals surface area contributed by atoms with Crippen LogP contribution in [0.4, 0.5) is 4.79 Å². The monoisotopic (exact) mass is 215 g/mol. The van der Waals surface area contributed by atoms with E-state index in [0.29, 0.717) is 12.5 Å². The minimum Gasteiger partial charge on any atom is -0.453 e. The van der Waals surface area contributed by atoms with Crippen LogP contribution in [-0.2, 0) is 9.53 Å². The summed E-state index contributed by atoms with van der Waals surface area (Å²) < 4.78 is 4.35. The van der Waals surface area contributed by atoms with Gasteiger partial charge in [0.1, 0.15) is 0 Å². The number of likely N-dealkylation sites (tertiary alicyclic amines) is 1. The lowest BCUT2D eigenvalue weighted by atomic mass is 10.0. The maximum Gasteiger partial charge on any atom is 0.413 e. The van der Waals surface area contributed by atoms with Gasteiger partial charge in [0.15, 0.2) is 6.54 Å². The molecule has 0 aliphatic carbocycles. The maximum absolute atomic E-state index is 11.4. The number of ether oxygens (including phenoxy) is 1. The molecule has 0 saturated carbocycles. The summed E-state index contributed by atoms with van der Waals surface area (Å²) in [5, 5.41) is 2.17. The Hall–Kier alpha value is -1.10. The Bertz CT molecular complexity index is 243. The average Bonchev–Trinajstić information content (AvgIpc) is 2.17. The van der Waals surface area contributed by atoms with Crippen LogP contribution in [0.15, 0.2) is 0 Å². The number of imide groups is 1. The standard InChI is InChI=1S/C10H18N2O3/c1-8-4-3-5-12(6-8)7-9(13)11-10(14)15-2/h8H,3-7H2,1-2H3,(H,11,13,14)/p+1/t8-/m0/s1. The minimum atomic E-state index is -0.676. The van der Waals surface area contributed by atoms with Crippen LogP contribution in [0.2, 0.25) is 0 Å². The fraction of sp³-hybridized carbons (Fsp3) is 0.800. The van der Waals surface area contributed by atoms with Gasteiger partial charge >= 0.3 is 6.09 Å². The third-order valence-corrected chi connectivity index (χ3v) is 2.70. The van der Waals surface area contributed by atoms with E-state index in [0.717, 1.165) is 19.5 Å². The predicted molar refractivity (Wildman–Crippen MR) is 54.5 cm³/mol. The molecular weight excluding hydrogens is 196 g/mol. The lowest BCUT2D eigenvalue weighted by Gasteiger charge is -2.26. The molecule has 5 heteroatoms. The van der Waals surface area contributed by atoms with E-state index < -0.39 is 6.09 Å². The summed E-state index contributed by atoms with van der Waals surface area (Å²) in [6.45, 7) is 4.57. The lowest BCUT2D eigenvalue weighted by molar-refractivity contribution is -0.900. The Kier molecular flexibility index (Phi) is 4.55. The topological polar surface area (TPSA) is 59.8 Å². The number of methoxy groups -OCH3 is 1. The molecule has 1 aliphatic rings. The van der Waals surface area contributed by atoms with Crippen LogP contribution in [0, 0.1) is 5.92 Å². The summed E-state index contributed by atoms with van der Waals surface area (Å²) in [4.78, 5) is 23.4. The molecule has 2 N–H and O–H groups in total. The van der Waals surface area contributed by atoms with Crippen molar-refractivity contribution in [1.29, 1.82) is 0 Å². The molecule has 0 aromatic rings. The molecule has 1 rings (SSSR count). The first kappa shape index (κ1) is 12.0. The fourth-order valence-electron chi connectivity index (χ4n) is 1.99. The van der Waals surface area contributed by atoms with Gasteiger partial charge in [-0.05, 0) is 12.8 Å². The number of piperidine rings is 1. The van der Waals surface area contributed by atoms with Crippen molar-refractivity contribution in [2.75, 3.05) is 26.7 Å². The molecule has 0 spiro atoms. The quantitative estimate of drug-likeness (QED) is 0.633. The second-order valence-corrected chi connectivity index (χ2v) is 4.17. The van der Waals surface area contributed by atoms with E-state index in [2.05, 4.69) is 17.0 Å². The van der Waals surface area contributed by atoms with Crippen molar-refractivity contribution in [3.63, 3.8) is 0 Å². The van der Waals surface area contributed by atoms with Crippen molar-refractivity contribution < 1.29 is 19.2 Å². The number of nitrogens with one attached hydrogen (secondary N) is 2. The molecule has 2 amide bonds. The summed E-state index contributed by atoms with van der Waals surface area (Å²) in [5.74, 6) is 0.408. The number of rotatable bonds is 2. The van der Waals surface area contributed by atoms with Crippen LogP contribution >= 0.6 is 0 Å². The van der Waals surface area contributed by atoms with E-state index in [1.165, 1.54) is 18.4 Å². The van der Waals surface area contributed by atoms with Gasteiger partial charge in [0.2, 0.25) is 0 Å². The number of alkyl carbamates (subject to hydrolysis) is 1. The second-order valence-electron chi connectivity index (χ2n) is 4.17. The first-order valence-electron chi connectivity index (χ1n) is 5.33. The Balaban J connectivity index is 2.27. The smallest absolute Gasteiger partial charge is 0.413 e. The van der Waals surface area contributed by atoms with Crippen molar-refractivity contribution in [2.24, 2.45) is 5.92 Å². The zero-order valence-corrected chi connectivity index (χ0v) is 9.34. The van der Waals surface area contributed by atoms with E-state index in [4.69, 9.17) is 0 Å². The molecular formula is C10H19N2O3+. The lowest BCUT2D eigenvalue weighted by Crippen LogP contribution is -3.14. The number of carbonyl (C=O) groups excluding carboxylic acids is 2. The summed E-state index contributed by atoms with van der Waals surface area (Å²) in [6.07, 6.45) is 1.72.